The zero-order valence-corrected chi connectivity index (χ0v) is 11.4. The Hall–Kier alpha value is -1.26. The molecule has 1 heterocycles. The predicted octanol–water partition coefficient (Wildman–Crippen LogP) is 2.84. The second-order valence-corrected chi connectivity index (χ2v) is 5.30. The molecule has 0 aliphatic rings. The van der Waals surface area contributed by atoms with Crippen LogP contribution in [0.1, 0.15) is 19.0 Å². The van der Waals surface area contributed by atoms with Crippen molar-refractivity contribution in [2.75, 3.05) is 5.75 Å². The lowest BCUT2D eigenvalue weighted by Crippen LogP contribution is -2.21. The van der Waals surface area contributed by atoms with Crippen molar-refractivity contribution in [1.29, 1.82) is 0 Å². The Morgan fingerprint density at radius 2 is 2.06 bits per heavy atom. The van der Waals surface area contributed by atoms with E-state index >= 15 is 0 Å². The highest BCUT2D eigenvalue weighted by molar-refractivity contribution is 7.98. The maximum atomic E-state index is 5.89. The quantitative estimate of drug-likeness (QED) is 0.869. The molecule has 1 aromatic heterocycles. The van der Waals surface area contributed by atoms with E-state index in [1.54, 1.807) is 0 Å². The molecule has 0 bridgehead atoms. The van der Waals surface area contributed by atoms with Crippen LogP contribution in [0.15, 0.2) is 42.6 Å². The molecule has 18 heavy (non-hydrogen) atoms. The number of benzene rings is 1. The standard InChI is InChI=1S/C14H19N3S/c1-2-12(15)10-18-11-13-8-9-17(16-13)14-6-4-3-5-7-14/h3-9,12H,2,10-11,15H2,1H3. The second kappa shape index (κ2) is 6.61. The van der Waals surface area contributed by atoms with Gasteiger partial charge in [-0.25, -0.2) is 4.68 Å². The van der Waals surface area contributed by atoms with E-state index in [0.717, 1.165) is 29.3 Å². The van der Waals surface area contributed by atoms with E-state index in [1.165, 1.54) is 0 Å². The average Bonchev–Trinajstić information content (AvgIpc) is 2.88. The fourth-order valence-corrected chi connectivity index (χ4v) is 2.62. The Bertz CT molecular complexity index is 467. The van der Waals surface area contributed by atoms with Gasteiger partial charge in [0.2, 0.25) is 0 Å². The normalized spacial score (nSPS) is 12.6. The molecule has 0 aliphatic heterocycles. The highest BCUT2D eigenvalue weighted by Gasteiger charge is 2.03. The topological polar surface area (TPSA) is 43.8 Å². The second-order valence-electron chi connectivity index (χ2n) is 4.27. The maximum absolute atomic E-state index is 5.89. The first-order valence-corrected chi connectivity index (χ1v) is 7.38. The van der Waals surface area contributed by atoms with Crippen molar-refractivity contribution in [3.05, 3.63) is 48.3 Å². The van der Waals surface area contributed by atoms with Crippen LogP contribution in [0.5, 0.6) is 0 Å². The van der Waals surface area contributed by atoms with Gasteiger partial charge >= 0.3 is 0 Å². The average molecular weight is 261 g/mol. The number of nitrogens with two attached hydrogens (primary N) is 1. The van der Waals surface area contributed by atoms with Gasteiger partial charge in [-0.3, -0.25) is 0 Å². The summed E-state index contributed by atoms with van der Waals surface area (Å²) in [7, 11) is 0. The Balaban J connectivity index is 1.91. The third-order valence-electron chi connectivity index (χ3n) is 2.77. The van der Waals surface area contributed by atoms with Crippen molar-refractivity contribution < 1.29 is 0 Å². The summed E-state index contributed by atoms with van der Waals surface area (Å²) < 4.78 is 1.91. The molecule has 0 aliphatic carbocycles. The summed E-state index contributed by atoms with van der Waals surface area (Å²) in [6.45, 7) is 2.12. The summed E-state index contributed by atoms with van der Waals surface area (Å²) >= 11 is 1.85. The van der Waals surface area contributed by atoms with Gasteiger partial charge in [0.15, 0.2) is 0 Å². The van der Waals surface area contributed by atoms with Gasteiger partial charge in [-0.15, -0.1) is 0 Å². The molecule has 0 radical (unpaired) electrons. The van der Waals surface area contributed by atoms with Crippen LogP contribution in [0.3, 0.4) is 0 Å². The summed E-state index contributed by atoms with van der Waals surface area (Å²) in [5.41, 5.74) is 8.09. The van der Waals surface area contributed by atoms with Crippen LogP contribution in [0, 0.1) is 0 Å². The van der Waals surface area contributed by atoms with Gasteiger partial charge in [0.25, 0.3) is 0 Å². The van der Waals surface area contributed by atoms with Crippen LogP contribution in [-0.4, -0.2) is 21.6 Å². The number of hydrogen-bond donors (Lipinski definition) is 1. The zero-order chi connectivity index (χ0) is 12.8. The van der Waals surface area contributed by atoms with E-state index in [9.17, 15) is 0 Å². The molecule has 0 spiro atoms. The molecular formula is C14H19N3S. The van der Waals surface area contributed by atoms with Crippen molar-refractivity contribution in [2.24, 2.45) is 5.73 Å². The molecule has 0 amide bonds. The summed E-state index contributed by atoms with van der Waals surface area (Å²) in [6, 6.07) is 12.5. The molecule has 96 valence electrons. The van der Waals surface area contributed by atoms with Gasteiger partial charge in [-0.05, 0) is 24.6 Å². The number of para-hydroxylation sites is 1. The van der Waals surface area contributed by atoms with Crippen LogP contribution in [0.25, 0.3) is 5.69 Å². The SMILES string of the molecule is CCC(N)CSCc1ccn(-c2ccccc2)n1. The minimum Gasteiger partial charge on any atom is -0.327 e. The van der Waals surface area contributed by atoms with Crippen molar-refractivity contribution in [2.45, 2.75) is 25.1 Å². The number of hydrogen-bond acceptors (Lipinski definition) is 3. The lowest BCUT2D eigenvalue weighted by atomic mass is 10.3. The molecule has 2 N–H and O–H groups in total. The van der Waals surface area contributed by atoms with Gasteiger partial charge in [0.1, 0.15) is 0 Å². The Morgan fingerprint density at radius 1 is 1.28 bits per heavy atom. The zero-order valence-electron chi connectivity index (χ0n) is 10.6. The molecule has 1 unspecified atom stereocenters. The van der Waals surface area contributed by atoms with Gasteiger partial charge in [0, 0.05) is 23.7 Å². The van der Waals surface area contributed by atoms with E-state index < -0.39 is 0 Å². The van der Waals surface area contributed by atoms with Crippen LogP contribution < -0.4 is 5.73 Å². The number of thioether (sulfide) groups is 1. The smallest absolute Gasteiger partial charge is 0.0727 e. The first-order valence-electron chi connectivity index (χ1n) is 6.23. The molecule has 1 atom stereocenters. The Morgan fingerprint density at radius 3 is 2.78 bits per heavy atom. The van der Waals surface area contributed by atoms with Gasteiger partial charge in [-0.1, -0.05) is 25.1 Å². The molecule has 0 fully saturated rings. The van der Waals surface area contributed by atoms with Crippen LogP contribution >= 0.6 is 11.8 Å². The largest absolute Gasteiger partial charge is 0.327 e. The fourth-order valence-electron chi connectivity index (χ4n) is 1.60. The van der Waals surface area contributed by atoms with Crippen LogP contribution in [0.4, 0.5) is 0 Å². The predicted molar refractivity (Wildman–Crippen MR) is 78.0 cm³/mol. The highest BCUT2D eigenvalue weighted by Crippen LogP contribution is 2.13. The molecule has 2 aromatic rings. The van der Waals surface area contributed by atoms with Crippen molar-refractivity contribution in [3.63, 3.8) is 0 Å². The van der Waals surface area contributed by atoms with Crippen LogP contribution in [0.2, 0.25) is 0 Å². The van der Waals surface area contributed by atoms with E-state index in [2.05, 4.69) is 30.2 Å². The number of rotatable bonds is 6. The molecule has 1 aromatic carbocycles. The molecule has 0 saturated carbocycles. The van der Waals surface area contributed by atoms with Gasteiger partial charge in [-0.2, -0.15) is 16.9 Å². The lowest BCUT2D eigenvalue weighted by Gasteiger charge is -2.06. The summed E-state index contributed by atoms with van der Waals surface area (Å²) in [6.07, 6.45) is 3.04. The monoisotopic (exact) mass is 261 g/mol. The third kappa shape index (κ3) is 3.62. The summed E-state index contributed by atoms with van der Waals surface area (Å²) in [5.74, 6) is 1.92. The summed E-state index contributed by atoms with van der Waals surface area (Å²) in [5, 5.41) is 4.56. The van der Waals surface area contributed by atoms with E-state index in [4.69, 9.17) is 5.73 Å². The maximum Gasteiger partial charge on any atom is 0.0727 e. The minimum absolute atomic E-state index is 0.297. The first-order chi connectivity index (χ1) is 8.79. The van der Waals surface area contributed by atoms with E-state index in [0.29, 0.717) is 6.04 Å². The minimum atomic E-state index is 0.297. The van der Waals surface area contributed by atoms with Gasteiger partial charge < -0.3 is 5.73 Å². The van der Waals surface area contributed by atoms with E-state index in [1.807, 2.05) is 40.8 Å². The highest BCUT2D eigenvalue weighted by atomic mass is 32.2. The fraction of sp³-hybridized carbons (Fsp3) is 0.357. The van der Waals surface area contributed by atoms with Crippen molar-refractivity contribution in [1.82, 2.24) is 9.78 Å². The summed E-state index contributed by atoms with van der Waals surface area (Å²) in [4.78, 5) is 0. The van der Waals surface area contributed by atoms with Crippen molar-refractivity contribution in [3.8, 4) is 5.69 Å². The van der Waals surface area contributed by atoms with E-state index in [-0.39, 0.29) is 0 Å². The molecule has 4 heteroatoms. The molecular weight excluding hydrogens is 242 g/mol. The number of aromatic nitrogens is 2. The van der Waals surface area contributed by atoms with Crippen molar-refractivity contribution >= 4 is 11.8 Å². The number of nitrogens with zero attached hydrogens (tertiary/aromatic N) is 2. The Labute approximate surface area is 112 Å². The van der Waals surface area contributed by atoms with Gasteiger partial charge in [0.05, 0.1) is 11.4 Å². The molecule has 0 saturated heterocycles. The molecule has 2 rings (SSSR count). The lowest BCUT2D eigenvalue weighted by molar-refractivity contribution is 0.724. The first kappa shape index (κ1) is 13.2. The van der Waals surface area contributed by atoms with Crippen LogP contribution in [-0.2, 0) is 5.75 Å². The Kier molecular flexibility index (Phi) is 4.84. The molecule has 3 nitrogen and oxygen atoms in total. The third-order valence-corrected chi connectivity index (χ3v) is 3.94.